The molecule has 7 heterocycles. The van der Waals surface area contributed by atoms with E-state index in [2.05, 4.69) is 53.8 Å². The van der Waals surface area contributed by atoms with Crippen molar-refractivity contribution >= 4 is 74.0 Å². The first-order valence-corrected chi connectivity index (χ1v) is 22.5. The van der Waals surface area contributed by atoms with E-state index >= 15 is 8.78 Å². The van der Waals surface area contributed by atoms with Crippen LogP contribution in [0.15, 0.2) is 47.4 Å². The number of anilines is 5. The number of ether oxygens (including phenoxy) is 1. The molecule has 4 aliphatic heterocycles. The number of nitrogens with one attached hydrogen (secondary N) is 3. The van der Waals surface area contributed by atoms with Crippen LogP contribution in [0.5, 0.6) is 5.75 Å². The Kier molecular flexibility index (Phi) is 10.7. The van der Waals surface area contributed by atoms with Gasteiger partial charge in [-0.05, 0) is 94.2 Å². The topological polar surface area (TPSA) is 155 Å². The first-order valence-electron chi connectivity index (χ1n) is 22.1. The second kappa shape index (κ2) is 16.2. The molecule has 1 aliphatic carbocycles. The average Bonchev–Trinajstić information content (AvgIpc) is 4.07. The quantitative estimate of drug-likeness (QED) is 0.140. The summed E-state index contributed by atoms with van der Waals surface area (Å²) in [4.78, 5) is 54.6. The number of amides is 2. The Hall–Kier alpha value is -5.55. The maximum Gasteiger partial charge on any atom is 0.301 e. The van der Waals surface area contributed by atoms with Crippen molar-refractivity contribution < 1.29 is 23.1 Å². The molecule has 332 valence electrons. The van der Waals surface area contributed by atoms with Gasteiger partial charge in [0.2, 0.25) is 23.5 Å². The Morgan fingerprint density at radius 1 is 0.937 bits per heavy atom. The van der Waals surface area contributed by atoms with E-state index in [1.165, 1.54) is 0 Å². The number of carbonyl (C=O) groups is 2. The predicted molar refractivity (Wildman–Crippen MR) is 239 cm³/mol. The lowest BCUT2D eigenvalue weighted by Gasteiger charge is -2.39. The highest BCUT2D eigenvalue weighted by atomic mass is 35.5. The van der Waals surface area contributed by atoms with Gasteiger partial charge in [-0.15, -0.1) is 0 Å². The van der Waals surface area contributed by atoms with Crippen molar-refractivity contribution in [2.24, 2.45) is 18.9 Å². The molecule has 10 rings (SSSR count). The molecule has 0 bridgehead atoms. The largest absolute Gasteiger partial charge is 0.480 e. The van der Waals surface area contributed by atoms with Crippen LogP contribution in [0.25, 0.3) is 21.8 Å². The second-order valence-corrected chi connectivity index (χ2v) is 18.5. The monoisotopic (exact) mass is 883 g/mol. The minimum atomic E-state index is -3.14. The third-order valence-corrected chi connectivity index (χ3v) is 13.8. The molecule has 2 unspecified atom stereocenters. The van der Waals surface area contributed by atoms with Gasteiger partial charge >= 0.3 is 5.92 Å². The Morgan fingerprint density at radius 3 is 2.44 bits per heavy atom. The third kappa shape index (κ3) is 7.91. The molecule has 2 atom stereocenters. The zero-order chi connectivity index (χ0) is 43.7. The van der Waals surface area contributed by atoms with Crippen LogP contribution in [-0.4, -0.2) is 105 Å². The Bertz CT molecular complexity index is 2670. The summed E-state index contributed by atoms with van der Waals surface area (Å²) in [7, 11) is 1.90. The number of aromatic nitrogens is 5. The fourth-order valence-electron chi connectivity index (χ4n) is 9.96. The fourth-order valence-corrected chi connectivity index (χ4v) is 10.1. The summed E-state index contributed by atoms with van der Waals surface area (Å²) < 4.78 is 39.7. The Balaban J connectivity index is 0.776. The molecule has 15 nitrogen and oxygen atoms in total. The van der Waals surface area contributed by atoms with Crippen LogP contribution in [0.4, 0.5) is 37.6 Å². The van der Waals surface area contributed by atoms with Crippen LogP contribution in [0.2, 0.25) is 5.02 Å². The van der Waals surface area contributed by atoms with Gasteiger partial charge in [0, 0.05) is 87.5 Å². The number of rotatable bonds is 9. The molecule has 0 radical (unpaired) electrons. The van der Waals surface area contributed by atoms with E-state index in [4.69, 9.17) is 26.4 Å². The van der Waals surface area contributed by atoms with E-state index in [0.717, 1.165) is 80.9 Å². The number of nitrogens with zero attached hydrogens (tertiary/aromatic N) is 8. The lowest BCUT2D eigenvalue weighted by atomic mass is 9.92. The molecule has 18 heteroatoms. The highest BCUT2D eigenvalue weighted by molar-refractivity contribution is 6.33. The SMILES string of the molecule is CC(C)n1c(=O)c2c(c3cc(Nc4nc(N5CCN(CC6CCN(c7ccc8c(C9CCC(=O)NC9=O)nn(C)c8c7)CC6)CC5)ncc4Cl)ccc31)NC(C1CC1)C(F)(F)CO2. The normalized spacial score (nSPS) is 22.2. The van der Waals surface area contributed by atoms with Crippen LogP contribution in [0.1, 0.15) is 70.0 Å². The molecule has 2 aromatic carbocycles. The van der Waals surface area contributed by atoms with Gasteiger partial charge in [0.25, 0.3) is 5.56 Å². The summed E-state index contributed by atoms with van der Waals surface area (Å²) in [6, 6.07) is 10.5. The molecule has 63 heavy (non-hydrogen) atoms. The van der Waals surface area contributed by atoms with Crippen molar-refractivity contribution in [1.82, 2.24) is 34.5 Å². The maximum absolute atomic E-state index is 15.3. The predicted octanol–water partition coefficient (Wildman–Crippen LogP) is 6.43. The van der Waals surface area contributed by atoms with Gasteiger partial charge in [-0.25, -0.2) is 13.8 Å². The Morgan fingerprint density at radius 2 is 1.71 bits per heavy atom. The highest BCUT2D eigenvalue weighted by Crippen LogP contribution is 2.46. The minimum Gasteiger partial charge on any atom is -0.480 e. The number of aryl methyl sites for hydroxylation is 1. The van der Waals surface area contributed by atoms with Crippen molar-refractivity contribution in [3.8, 4) is 5.75 Å². The van der Waals surface area contributed by atoms with Crippen molar-refractivity contribution in [3.05, 3.63) is 63.7 Å². The summed E-state index contributed by atoms with van der Waals surface area (Å²) in [5.41, 5.74) is 3.94. The molecule has 4 fully saturated rings. The summed E-state index contributed by atoms with van der Waals surface area (Å²) in [6.07, 6.45) is 5.97. The zero-order valence-corrected chi connectivity index (χ0v) is 36.4. The maximum atomic E-state index is 15.3. The highest BCUT2D eigenvalue weighted by Gasteiger charge is 2.51. The van der Waals surface area contributed by atoms with Gasteiger partial charge in [0.15, 0.2) is 12.4 Å². The molecule has 0 spiro atoms. The molecule has 3 saturated heterocycles. The molecule has 2 amide bonds. The number of alkyl halides is 2. The summed E-state index contributed by atoms with van der Waals surface area (Å²) >= 11 is 6.67. The van der Waals surface area contributed by atoms with Gasteiger partial charge in [-0.2, -0.15) is 10.1 Å². The Labute approximate surface area is 368 Å². The molecule has 3 aromatic heterocycles. The fraction of sp³-hybridized carbons (Fsp3) is 0.511. The lowest BCUT2D eigenvalue weighted by Crippen LogP contribution is -2.49. The van der Waals surface area contributed by atoms with Crippen LogP contribution in [-0.2, 0) is 16.6 Å². The molecule has 1 saturated carbocycles. The average molecular weight is 884 g/mol. The van der Waals surface area contributed by atoms with Crippen LogP contribution >= 0.6 is 11.6 Å². The minimum absolute atomic E-state index is 0.0910. The standard InChI is InChI=1S/C45H52ClF2N11O4/c1-25(2)59-34-10-6-28(20-32(34)38-39(43(59)62)63-24-45(47,48)40(52-38)27-4-5-27)50-41-33(46)22-49-44(53-41)58-18-16-56(17-19-58)23-26-12-14-57(15-13-26)29-7-8-30-35(21-29)55(3)54-37(30)31-9-11-36(60)51-42(31)61/h6-8,10,20-22,25-27,31,40,52H,4-5,9,11-19,23-24H2,1-3H3,(H,49,50,53)(H,51,60,61). The summed E-state index contributed by atoms with van der Waals surface area (Å²) in [5, 5.41) is 15.5. The summed E-state index contributed by atoms with van der Waals surface area (Å²) in [6.45, 7) is 9.14. The van der Waals surface area contributed by atoms with E-state index in [1.807, 2.05) is 43.8 Å². The second-order valence-electron chi connectivity index (χ2n) is 18.1. The smallest absolute Gasteiger partial charge is 0.301 e. The first-order chi connectivity index (χ1) is 30.3. The molecular formula is C45H52ClF2N11O4. The summed E-state index contributed by atoms with van der Waals surface area (Å²) in [5.74, 6) is -2.77. The number of carbonyl (C=O) groups excluding carboxylic acids is 2. The molecule has 3 N–H and O–H groups in total. The van der Waals surface area contributed by atoms with Gasteiger partial charge in [0.05, 0.1) is 40.6 Å². The number of halogens is 3. The van der Waals surface area contributed by atoms with E-state index in [1.54, 1.807) is 10.8 Å². The van der Waals surface area contributed by atoms with E-state index in [-0.39, 0.29) is 35.2 Å². The zero-order valence-electron chi connectivity index (χ0n) is 35.7. The van der Waals surface area contributed by atoms with Crippen LogP contribution in [0, 0.1) is 11.8 Å². The number of piperidine rings is 2. The van der Waals surface area contributed by atoms with Gasteiger partial charge < -0.3 is 29.7 Å². The number of hydrogen-bond acceptors (Lipinski definition) is 12. The first kappa shape index (κ1) is 41.5. The number of imide groups is 1. The lowest BCUT2D eigenvalue weighted by molar-refractivity contribution is -0.134. The van der Waals surface area contributed by atoms with E-state index in [9.17, 15) is 14.4 Å². The van der Waals surface area contributed by atoms with Crippen LogP contribution in [0.3, 0.4) is 0 Å². The molecular weight excluding hydrogens is 832 g/mol. The number of pyridine rings is 1. The number of hydrogen-bond donors (Lipinski definition) is 3. The van der Waals surface area contributed by atoms with E-state index in [0.29, 0.717) is 65.0 Å². The van der Waals surface area contributed by atoms with Crippen molar-refractivity contribution in [3.63, 3.8) is 0 Å². The van der Waals surface area contributed by atoms with Gasteiger partial charge in [-0.1, -0.05) is 11.6 Å². The third-order valence-electron chi connectivity index (χ3n) is 13.5. The molecule has 5 aromatic rings. The number of benzene rings is 2. The van der Waals surface area contributed by atoms with Gasteiger partial charge in [0.1, 0.15) is 5.02 Å². The molecule has 5 aliphatic rings. The number of fused-ring (bicyclic) bond motifs is 4. The van der Waals surface area contributed by atoms with Gasteiger partial charge in [-0.3, -0.25) is 29.3 Å². The van der Waals surface area contributed by atoms with Crippen molar-refractivity contribution in [1.29, 1.82) is 0 Å². The van der Waals surface area contributed by atoms with Crippen molar-refractivity contribution in [2.75, 3.05) is 72.9 Å². The van der Waals surface area contributed by atoms with E-state index < -0.39 is 30.0 Å². The van der Waals surface area contributed by atoms with Crippen molar-refractivity contribution in [2.45, 2.75) is 76.3 Å². The number of piperazine rings is 1. The van der Waals surface area contributed by atoms with Crippen LogP contribution < -0.4 is 36.0 Å².